The van der Waals surface area contributed by atoms with Crippen molar-refractivity contribution in [2.75, 3.05) is 5.32 Å². The second-order valence-electron chi connectivity index (χ2n) is 5.38. The normalized spacial score (nSPS) is 11.0. The number of hydrogen-bond acceptors (Lipinski definition) is 2. The minimum Gasteiger partial charge on any atom is -0.319 e. The van der Waals surface area contributed by atoms with Crippen LogP contribution in [-0.2, 0) is 6.42 Å². The van der Waals surface area contributed by atoms with E-state index in [-0.39, 0.29) is 5.56 Å². The number of nitrogens with one attached hydrogen (secondary N) is 2. The van der Waals surface area contributed by atoms with Gasteiger partial charge in [0.1, 0.15) is 11.6 Å². The van der Waals surface area contributed by atoms with Gasteiger partial charge in [0.05, 0.1) is 17.1 Å². The molecule has 0 saturated carbocycles. The van der Waals surface area contributed by atoms with Gasteiger partial charge < -0.3 is 5.32 Å². The van der Waals surface area contributed by atoms with E-state index in [2.05, 4.69) is 15.5 Å². The minimum absolute atomic E-state index is 0.0661. The smallest absolute Gasteiger partial charge is 0.255 e. The summed E-state index contributed by atoms with van der Waals surface area (Å²) in [5, 5.41) is 9.63. The molecule has 0 fully saturated rings. The first-order valence-corrected chi connectivity index (χ1v) is 6.68. The highest BCUT2D eigenvalue weighted by Gasteiger charge is 2.16. The number of rotatable bonds is 4. The Kier molecular flexibility index (Phi) is 4.35. The molecule has 0 aliphatic rings. The second kappa shape index (κ2) is 6.03. The van der Waals surface area contributed by atoms with E-state index in [0.717, 1.165) is 23.9 Å². The predicted molar refractivity (Wildman–Crippen MR) is 76.2 cm³/mol. The Balaban J connectivity index is 2.25. The van der Waals surface area contributed by atoms with Gasteiger partial charge in [-0.05, 0) is 31.4 Å². The van der Waals surface area contributed by atoms with E-state index in [0.29, 0.717) is 23.7 Å². The third-order valence-electron chi connectivity index (χ3n) is 2.99. The molecule has 0 spiro atoms. The van der Waals surface area contributed by atoms with Crippen LogP contribution in [0.3, 0.4) is 0 Å². The number of nitrogens with zero attached hydrogens (tertiary/aromatic N) is 1. The third-order valence-corrected chi connectivity index (χ3v) is 2.99. The zero-order valence-corrected chi connectivity index (χ0v) is 12.1. The number of aromatic amines is 1. The monoisotopic (exact) mass is 293 g/mol. The first kappa shape index (κ1) is 15.2. The van der Waals surface area contributed by atoms with Crippen LogP contribution >= 0.6 is 0 Å². The first-order chi connectivity index (χ1) is 9.86. The Morgan fingerprint density at radius 2 is 1.90 bits per heavy atom. The van der Waals surface area contributed by atoms with E-state index < -0.39 is 17.5 Å². The fraction of sp³-hybridized carbons (Fsp3) is 0.333. The number of benzene rings is 1. The largest absolute Gasteiger partial charge is 0.319 e. The van der Waals surface area contributed by atoms with Crippen LogP contribution in [0.1, 0.15) is 35.6 Å². The summed E-state index contributed by atoms with van der Waals surface area (Å²) < 4.78 is 26.3. The summed E-state index contributed by atoms with van der Waals surface area (Å²) in [5.74, 6) is -1.77. The second-order valence-corrected chi connectivity index (χ2v) is 5.38. The number of aryl methyl sites for hydroxylation is 1. The number of anilines is 1. The van der Waals surface area contributed by atoms with Crippen molar-refractivity contribution >= 4 is 11.6 Å². The number of hydrogen-bond donors (Lipinski definition) is 2. The van der Waals surface area contributed by atoms with Crippen LogP contribution in [0.2, 0.25) is 0 Å². The molecule has 0 aliphatic carbocycles. The molecule has 112 valence electrons. The molecule has 0 atom stereocenters. The fourth-order valence-corrected chi connectivity index (χ4v) is 2.05. The minimum atomic E-state index is -0.786. The molecule has 4 nitrogen and oxygen atoms in total. The van der Waals surface area contributed by atoms with Gasteiger partial charge in [0, 0.05) is 11.6 Å². The SMILES string of the molecule is Cc1[nH]nc(CC(C)C)c1NC(=O)c1cc(F)cc(F)c1. The molecule has 6 heteroatoms. The number of carbonyl (C=O) groups excluding carboxylic acids is 1. The lowest BCUT2D eigenvalue weighted by Gasteiger charge is -2.08. The Labute approximate surface area is 121 Å². The lowest BCUT2D eigenvalue weighted by atomic mass is 10.1. The third kappa shape index (κ3) is 3.65. The number of aromatic nitrogens is 2. The molecule has 1 amide bonds. The molecule has 0 unspecified atom stereocenters. The van der Waals surface area contributed by atoms with Gasteiger partial charge in [0.2, 0.25) is 0 Å². The van der Waals surface area contributed by atoms with Gasteiger partial charge in [-0.3, -0.25) is 9.89 Å². The Morgan fingerprint density at radius 1 is 1.29 bits per heavy atom. The molecule has 2 aromatic rings. The van der Waals surface area contributed by atoms with E-state index in [1.165, 1.54) is 0 Å². The standard InChI is InChI=1S/C15H17F2N3O/c1-8(2)4-13-14(9(3)19-20-13)18-15(21)10-5-11(16)7-12(17)6-10/h5-8H,4H2,1-3H3,(H,18,21)(H,19,20). The van der Waals surface area contributed by atoms with Crippen molar-refractivity contribution in [3.63, 3.8) is 0 Å². The summed E-state index contributed by atoms with van der Waals surface area (Å²) in [4.78, 5) is 12.1. The Bertz CT molecular complexity index is 645. The summed E-state index contributed by atoms with van der Waals surface area (Å²) >= 11 is 0. The van der Waals surface area contributed by atoms with E-state index >= 15 is 0 Å². The molecule has 2 N–H and O–H groups in total. The van der Waals surface area contributed by atoms with Crippen molar-refractivity contribution in [1.29, 1.82) is 0 Å². The molecule has 1 aromatic heterocycles. The van der Waals surface area contributed by atoms with E-state index in [1.807, 2.05) is 13.8 Å². The topological polar surface area (TPSA) is 57.8 Å². The summed E-state index contributed by atoms with van der Waals surface area (Å²) in [6.07, 6.45) is 0.692. The van der Waals surface area contributed by atoms with Crippen LogP contribution in [0.25, 0.3) is 0 Å². The van der Waals surface area contributed by atoms with Crippen LogP contribution in [0, 0.1) is 24.5 Å². The first-order valence-electron chi connectivity index (χ1n) is 6.68. The van der Waals surface area contributed by atoms with Gasteiger partial charge in [0.25, 0.3) is 5.91 Å². The van der Waals surface area contributed by atoms with E-state index in [9.17, 15) is 13.6 Å². The summed E-state index contributed by atoms with van der Waals surface area (Å²) in [7, 11) is 0. The van der Waals surface area contributed by atoms with Crippen molar-refractivity contribution in [3.05, 3.63) is 46.8 Å². The van der Waals surface area contributed by atoms with Gasteiger partial charge in [-0.1, -0.05) is 13.8 Å². The van der Waals surface area contributed by atoms with Gasteiger partial charge in [-0.2, -0.15) is 5.10 Å². The zero-order valence-electron chi connectivity index (χ0n) is 12.1. The number of amides is 1. The van der Waals surface area contributed by atoms with Crippen molar-refractivity contribution in [2.45, 2.75) is 27.2 Å². The van der Waals surface area contributed by atoms with Gasteiger partial charge >= 0.3 is 0 Å². The highest BCUT2D eigenvalue weighted by Crippen LogP contribution is 2.21. The van der Waals surface area contributed by atoms with Crippen molar-refractivity contribution in [2.24, 2.45) is 5.92 Å². The van der Waals surface area contributed by atoms with Gasteiger partial charge in [-0.25, -0.2) is 8.78 Å². The summed E-state index contributed by atoms with van der Waals surface area (Å²) in [6.45, 7) is 5.85. The average molecular weight is 293 g/mol. The van der Waals surface area contributed by atoms with Crippen LogP contribution in [0.5, 0.6) is 0 Å². The predicted octanol–water partition coefficient (Wildman–Crippen LogP) is 3.45. The molecule has 21 heavy (non-hydrogen) atoms. The number of H-pyrrole nitrogens is 1. The summed E-state index contributed by atoms with van der Waals surface area (Å²) in [5.41, 5.74) is 1.94. The van der Waals surface area contributed by atoms with Crippen molar-refractivity contribution < 1.29 is 13.6 Å². The van der Waals surface area contributed by atoms with E-state index in [1.54, 1.807) is 6.92 Å². The lowest BCUT2D eigenvalue weighted by molar-refractivity contribution is 0.102. The Morgan fingerprint density at radius 3 is 2.48 bits per heavy atom. The zero-order chi connectivity index (χ0) is 15.6. The quantitative estimate of drug-likeness (QED) is 0.907. The number of halogens is 2. The van der Waals surface area contributed by atoms with Crippen molar-refractivity contribution in [1.82, 2.24) is 10.2 Å². The summed E-state index contributed by atoms with van der Waals surface area (Å²) in [6, 6.07) is 2.72. The lowest BCUT2D eigenvalue weighted by Crippen LogP contribution is -2.14. The average Bonchev–Trinajstić information content (AvgIpc) is 2.69. The van der Waals surface area contributed by atoms with Crippen LogP contribution in [-0.4, -0.2) is 16.1 Å². The maximum absolute atomic E-state index is 13.2. The molecule has 2 rings (SSSR count). The molecule has 0 aliphatic heterocycles. The number of carbonyl (C=O) groups is 1. The van der Waals surface area contributed by atoms with Crippen molar-refractivity contribution in [3.8, 4) is 0 Å². The van der Waals surface area contributed by atoms with Crippen LogP contribution in [0.4, 0.5) is 14.5 Å². The highest BCUT2D eigenvalue weighted by atomic mass is 19.1. The molecule has 0 saturated heterocycles. The molecule has 1 heterocycles. The van der Waals surface area contributed by atoms with Gasteiger partial charge in [-0.15, -0.1) is 0 Å². The Hall–Kier alpha value is -2.24. The van der Waals surface area contributed by atoms with Gasteiger partial charge in [0.15, 0.2) is 0 Å². The maximum Gasteiger partial charge on any atom is 0.255 e. The molecular formula is C15H17F2N3O. The van der Waals surface area contributed by atoms with Crippen LogP contribution < -0.4 is 5.32 Å². The molecule has 0 bridgehead atoms. The van der Waals surface area contributed by atoms with Crippen LogP contribution in [0.15, 0.2) is 18.2 Å². The molecule has 1 aromatic carbocycles. The molecule has 0 radical (unpaired) electrons. The maximum atomic E-state index is 13.2. The van der Waals surface area contributed by atoms with E-state index in [4.69, 9.17) is 0 Å². The molecular weight excluding hydrogens is 276 g/mol. The fourth-order valence-electron chi connectivity index (χ4n) is 2.05. The highest BCUT2D eigenvalue weighted by molar-refractivity contribution is 6.04.